The van der Waals surface area contributed by atoms with Crippen LogP contribution in [0, 0.1) is 0 Å². The van der Waals surface area contributed by atoms with Gasteiger partial charge in [0.2, 0.25) is 0 Å². The van der Waals surface area contributed by atoms with Crippen LogP contribution in [0.25, 0.3) is 0 Å². The Morgan fingerprint density at radius 3 is 2.70 bits per heavy atom. The minimum atomic E-state index is -0.293. The standard InChI is InChI=1S/C17H20N4O2/c1-23-14-8-4-7-13(11-14)19-17(22)15-9-10-16(21-20-15)18-12-5-2-3-6-12/h4,7-12H,2-3,5-6H2,1H3,(H,18,21)(H,19,22). The predicted molar refractivity (Wildman–Crippen MR) is 88.9 cm³/mol. The number of methoxy groups -OCH3 is 1. The number of anilines is 2. The first-order chi connectivity index (χ1) is 11.2. The van der Waals surface area contributed by atoms with Gasteiger partial charge < -0.3 is 15.4 Å². The van der Waals surface area contributed by atoms with E-state index in [1.165, 1.54) is 25.7 Å². The maximum Gasteiger partial charge on any atom is 0.276 e. The second kappa shape index (κ2) is 7.09. The van der Waals surface area contributed by atoms with Gasteiger partial charge in [-0.25, -0.2) is 0 Å². The fourth-order valence-corrected chi connectivity index (χ4v) is 2.71. The van der Waals surface area contributed by atoms with Crippen LogP contribution in [0.4, 0.5) is 11.5 Å². The number of nitrogens with zero attached hydrogens (tertiary/aromatic N) is 2. The summed E-state index contributed by atoms with van der Waals surface area (Å²) < 4.78 is 5.13. The van der Waals surface area contributed by atoms with Gasteiger partial charge in [-0.2, -0.15) is 0 Å². The van der Waals surface area contributed by atoms with Gasteiger partial charge in [0.15, 0.2) is 5.69 Å². The monoisotopic (exact) mass is 312 g/mol. The highest BCUT2D eigenvalue weighted by molar-refractivity contribution is 6.02. The van der Waals surface area contributed by atoms with Crippen molar-refractivity contribution in [1.82, 2.24) is 10.2 Å². The average Bonchev–Trinajstić information content (AvgIpc) is 3.08. The summed E-state index contributed by atoms with van der Waals surface area (Å²) >= 11 is 0. The molecule has 1 aromatic heterocycles. The molecule has 2 N–H and O–H groups in total. The summed E-state index contributed by atoms with van der Waals surface area (Å²) in [6, 6.07) is 11.1. The van der Waals surface area contributed by atoms with Crippen LogP contribution in [0.5, 0.6) is 5.75 Å². The second-order valence-corrected chi connectivity index (χ2v) is 5.62. The summed E-state index contributed by atoms with van der Waals surface area (Å²) in [5.74, 6) is 1.11. The Hall–Kier alpha value is -2.63. The molecule has 0 radical (unpaired) electrons. The zero-order valence-corrected chi connectivity index (χ0v) is 13.1. The van der Waals surface area contributed by atoms with Crippen LogP contribution >= 0.6 is 0 Å². The highest BCUT2D eigenvalue weighted by Gasteiger charge is 2.15. The van der Waals surface area contributed by atoms with Crippen LogP contribution in [0.3, 0.4) is 0 Å². The number of carbonyl (C=O) groups is 1. The first-order valence-electron chi connectivity index (χ1n) is 7.80. The number of benzene rings is 1. The van der Waals surface area contributed by atoms with Gasteiger partial charge in [-0.15, -0.1) is 10.2 Å². The fourth-order valence-electron chi connectivity index (χ4n) is 2.71. The van der Waals surface area contributed by atoms with Crippen LogP contribution in [0.2, 0.25) is 0 Å². The molecule has 23 heavy (non-hydrogen) atoms. The normalized spacial score (nSPS) is 14.5. The molecule has 1 fully saturated rings. The van der Waals surface area contributed by atoms with Gasteiger partial charge >= 0.3 is 0 Å². The molecule has 120 valence electrons. The fraction of sp³-hybridized carbons (Fsp3) is 0.353. The molecular formula is C17H20N4O2. The van der Waals surface area contributed by atoms with Gasteiger partial charge in [-0.1, -0.05) is 18.9 Å². The Balaban J connectivity index is 1.62. The lowest BCUT2D eigenvalue weighted by Crippen LogP contribution is -2.18. The Morgan fingerprint density at radius 2 is 2.00 bits per heavy atom. The number of ether oxygens (including phenoxy) is 1. The van der Waals surface area contributed by atoms with E-state index in [4.69, 9.17) is 4.74 Å². The number of carbonyl (C=O) groups excluding carboxylic acids is 1. The third-order valence-corrected chi connectivity index (χ3v) is 3.93. The molecule has 1 amide bonds. The van der Waals surface area contributed by atoms with Crippen molar-refractivity contribution < 1.29 is 9.53 Å². The predicted octanol–water partition coefficient (Wildman–Crippen LogP) is 3.09. The van der Waals surface area contributed by atoms with E-state index in [9.17, 15) is 4.79 Å². The molecule has 0 atom stereocenters. The van der Waals surface area contributed by atoms with Crippen molar-refractivity contribution in [2.24, 2.45) is 0 Å². The first kappa shape index (κ1) is 15.3. The summed E-state index contributed by atoms with van der Waals surface area (Å²) in [7, 11) is 1.59. The number of nitrogens with one attached hydrogen (secondary N) is 2. The van der Waals surface area contributed by atoms with E-state index in [2.05, 4.69) is 20.8 Å². The lowest BCUT2D eigenvalue weighted by molar-refractivity contribution is 0.102. The van der Waals surface area contributed by atoms with Crippen molar-refractivity contribution in [3.8, 4) is 5.75 Å². The minimum absolute atomic E-state index is 0.282. The number of hydrogen-bond acceptors (Lipinski definition) is 5. The molecule has 1 aliphatic rings. The molecule has 0 spiro atoms. The van der Waals surface area contributed by atoms with E-state index in [0.29, 0.717) is 17.5 Å². The molecule has 1 saturated carbocycles. The molecule has 0 unspecified atom stereocenters. The molecule has 0 aliphatic heterocycles. The van der Waals surface area contributed by atoms with Crippen LogP contribution in [-0.2, 0) is 0 Å². The Bertz CT molecular complexity index is 667. The summed E-state index contributed by atoms with van der Waals surface area (Å²) in [5.41, 5.74) is 0.939. The van der Waals surface area contributed by atoms with E-state index < -0.39 is 0 Å². The van der Waals surface area contributed by atoms with Gasteiger partial charge in [-0.3, -0.25) is 4.79 Å². The van der Waals surface area contributed by atoms with Gasteiger partial charge in [0.05, 0.1) is 7.11 Å². The van der Waals surface area contributed by atoms with Gasteiger partial charge in [-0.05, 0) is 37.1 Å². The average molecular weight is 312 g/mol. The van der Waals surface area contributed by atoms with Crippen molar-refractivity contribution in [3.63, 3.8) is 0 Å². The van der Waals surface area contributed by atoms with Crippen molar-refractivity contribution in [1.29, 1.82) is 0 Å². The third kappa shape index (κ3) is 3.97. The lowest BCUT2D eigenvalue weighted by Gasteiger charge is -2.12. The van der Waals surface area contributed by atoms with E-state index in [0.717, 1.165) is 5.82 Å². The molecule has 6 heteroatoms. The third-order valence-electron chi connectivity index (χ3n) is 3.93. The molecule has 3 rings (SSSR count). The molecule has 2 aromatic rings. The van der Waals surface area contributed by atoms with Gasteiger partial charge in [0.25, 0.3) is 5.91 Å². The van der Waals surface area contributed by atoms with Gasteiger partial charge in [0.1, 0.15) is 11.6 Å². The highest BCUT2D eigenvalue weighted by Crippen LogP contribution is 2.21. The topological polar surface area (TPSA) is 76.1 Å². The minimum Gasteiger partial charge on any atom is -0.497 e. The van der Waals surface area contributed by atoms with Crippen LogP contribution < -0.4 is 15.4 Å². The molecular weight excluding hydrogens is 292 g/mol. The molecule has 0 bridgehead atoms. The van der Waals surface area contributed by atoms with Gasteiger partial charge in [0, 0.05) is 17.8 Å². The quantitative estimate of drug-likeness (QED) is 0.887. The van der Waals surface area contributed by atoms with Crippen LogP contribution in [0.1, 0.15) is 36.2 Å². The second-order valence-electron chi connectivity index (χ2n) is 5.62. The molecule has 1 heterocycles. The van der Waals surface area contributed by atoms with E-state index in [1.54, 1.807) is 31.4 Å². The highest BCUT2D eigenvalue weighted by atomic mass is 16.5. The Kier molecular flexibility index (Phi) is 4.71. The zero-order valence-electron chi connectivity index (χ0n) is 13.1. The Morgan fingerprint density at radius 1 is 1.17 bits per heavy atom. The summed E-state index contributed by atoms with van der Waals surface area (Å²) in [4.78, 5) is 12.2. The van der Waals surface area contributed by atoms with E-state index in [1.807, 2.05) is 12.1 Å². The number of hydrogen-bond donors (Lipinski definition) is 2. The zero-order chi connectivity index (χ0) is 16.1. The maximum absolute atomic E-state index is 12.2. The molecule has 1 aliphatic carbocycles. The van der Waals surface area contributed by atoms with Crippen molar-refractivity contribution in [2.45, 2.75) is 31.7 Å². The van der Waals surface area contributed by atoms with E-state index in [-0.39, 0.29) is 11.6 Å². The summed E-state index contributed by atoms with van der Waals surface area (Å²) in [6.07, 6.45) is 4.85. The molecule has 1 aromatic carbocycles. The maximum atomic E-state index is 12.2. The first-order valence-corrected chi connectivity index (χ1v) is 7.80. The van der Waals surface area contributed by atoms with E-state index >= 15 is 0 Å². The van der Waals surface area contributed by atoms with Crippen LogP contribution in [0.15, 0.2) is 36.4 Å². The summed E-state index contributed by atoms with van der Waals surface area (Å²) in [5, 5.41) is 14.2. The summed E-state index contributed by atoms with van der Waals surface area (Å²) in [6.45, 7) is 0. The van der Waals surface area contributed by atoms with Crippen molar-refractivity contribution in [2.75, 3.05) is 17.7 Å². The molecule has 6 nitrogen and oxygen atoms in total. The van der Waals surface area contributed by atoms with Crippen molar-refractivity contribution in [3.05, 3.63) is 42.1 Å². The number of amides is 1. The lowest BCUT2D eigenvalue weighted by atomic mass is 10.2. The number of rotatable bonds is 5. The van der Waals surface area contributed by atoms with Crippen molar-refractivity contribution >= 4 is 17.4 Å². The molecule has 0 saturated heterocycles. The number of aromatic nitrogens is 2. The SMILES string of the molecule is COc1cccc(NC(=O)c2ccc(NC3CCCC3)nn2)c1. The smallest absolute Gasteiger partial charge is 0.276 e. The Labute approximate surface area is 135 Å². The largest absolute Gasteiger partial charge is 0.497 e. The van der Waals surface area contributed by atoms with Crippen LogP contribution in [-0.4, -0.2) is 29.3 Å².